The minimum absolute atomic E-state index is 0.161. The smallest absolute Gasteiger partial charge is 0.0581 e. The number of rotatable bonds is 3. The Morgan fingerprint density at radius 2 is 1.23 bits per heavy atom. The minimum atomic E-state index is -0.161. The molecule has 0 heterocycles. The molecule has 2 aromatic rings. The summed E-state index contributed by atoms with van der Waals surface area (Å²) >= 11 is 0. The highest BCUT2D eigenvalue weighted by molar-refractivity contribution is 6.05. The van der Waals surface area contributed by atoms with E-state index in [0.717, 1.165) is 6.54 Å². The molecule has 0 unspecified atom stereocenters. The summed E-state index contributed by atoms with van der Waals surface area (Å²) in [6.45, 7) is 3.03. The summed E-state index contributed by atoms with van der Waals surface area (Å²) in [4.78, 5) is 0. The number of hydrogen-bond donors (Lipinski definition) is 1. The summed E-state index contributed by atoms with van der Waals surface area (Å²) in [6, 6.07) is 17.4. The molecule has 0 saturated heterocycles. The second-order valence-corrected chi connectivity index (χ2v) is 8.53. The van der Waals surface area contributed by atoms with Crippen LogP contribution in [0, 0.1) is 5.41 Å². The van der Waals surface area contributed by atoms with E-state index in [1.54, 1.807) is 0 Å². The highest BCUT2D eigenvalue weighted by atomic mass is 14.5. The standard InChI is InChI=1S/C25H16.C5H13N/c1-3-9-19-17(7-1)15-23-21(19)11-5-13-25(23)14-6-12-22-20-10-4-2-8-18(20)16-24(22)25;1-2-3-4-5-6/h1-16H;2-6H2,1H3. The van der Waals surface area contributed by atoms with Crippen molar-refractivity contribution in [1.82, 2.24) is 0 Å². The molecule has 4 aliphatic rings. The third kappa shape index (κ3) is 3.21. The van der Waals surface area contributed by atoms with Crippen molar-refractivity contribution in [1.29, 1.82) is 0 Å². The lowest BCUT2D eigenvalue weighted by molar-refractivity contribution is 0.727. The van der Waals surface area contributed by atoms with Crippen LogP contribution in [0.1, 0.15) is 48.4 Å². The molecule has 4 aliphatic carbocycles. The average Bonchev–Trinajstić information content (AvgIpc) is 3.39. The molecular formula is C30H29N. The molecule has 0 saturated carbocycles. The normalized spacial score (nSPS) is 18.0. The fraction of sp³-hybridized carbons (Fsp3) is 0.200. The van der Waals surface area contributed by atoms with Crippen LogP contribution in [0.2, 0.25) is 0 Å². The zero-order chi connectivity index (χ0) is 21.3. The Balaban J connectivity index is 0.000000303. The van der Waals surface area contributed by atoms with Gasteiger partial charge in [0.2, 0.25) is 0 Å². The quantitative estimate of drug-likeness (QED) is 0.538. The van der Waals surface area contributed by atoms with Gasteiger partial charge in [0, 0.05) is 0 Å². The van der Waals surface area contributed by atoms with E-state index in [0.29, 0.717) is 0 Å². The van der Waals surface area contributed by atoms with Crippen LogP contribution in [0.5, 0.6) is 0 Å². The summed E-state index contributed by atoms with van der Waals surface area (Å²) in [5.41, 5.74) is 15.9. The number of fused-ring (bicyclic) bond motifs is 8. The van der Waals surface area contributed by atoms with Crippen molar-refractivity contribution in [3.8, 4) is 0 Å². The van der Waals surface area contributed by atoms with E-state index in [9.17, 15) is 0 Å². The molecule has 1 nitrogen and oxygen atoms in total. The Morgan fingerprint density at radius 3 is 1.68 bits per heavy atom. The highest BCUT2D eigenvalue weighted by Gasteiger charge is 2.43. The average molecular weight is 404 g/mol. The molecule has 0 bridgehead atoms. The minimum Gasteiger partial charge on any atom is -0.330 e. The van der Waals surface area contributed by atoms with Crippen molar-refractivity contribution in [2.75, 3.05) is 6.54 Å². The third-order valence-corrected chi connectivity index (χ3v) is 6.62. The predicted molar refractivity (Wildman–Crippen MR) is 134 cm³/mol. The number of hydrogen-bond acceptors (Lipinski definition) is 1. The Bertz CT molecular complexity index is 1100. The molecule has 6 rings (SSSR count). The zero-order valence-electron chi connectivity index (χ0n) is 18.1. The number of allylic oxidation sites excluding steroid dienone is 10. The monoisotopic (exact) mass is 403 g/mol. The van der Waals surface area contributed by atoms with Crippen LogP contribution in [-0.4, -0.2) is 6.54 Å². The van der Waals surface area contributed by atoms with Crippen LogP contribution in [0.25, 0.3) is 23.3 Å². The maximum absolute atomic E-state index is 5.21. The van der Waals surface area contributed by atoms with E-state index < -0.39 is 0 Å². The van der Waals surface area contributed by atoms with Crippen molar-refractivity contribution >= 4 is 23.3 Å². The van der Waals surface area contributed by atoms with Gasteiger partial charge in [-0.1, -0.05) is 105 Å². The maximum Gasteiger partial charge on any atom is 0.0581 e. The fourth-order valence-electron chi connectivity index (χ4n) is 5.08. The van der Waals surface area contributed by atoms with Crippen LogP contribution >= 0.6 is 0 Å². The summed E-state index contributed by atoms with van der Waals surface area (Å²) in [5.74, 6) is 0. The molecule has 1 heteroatoms. The lowest BCUT2D eigenvalue weighted by Gasteiger charge is -2.36. The first-order valence-corrected chi connectivity index (χ1v) is 11.4. The lowest BCUT2D eigenvalue weighted by Crippen LogP contribution is -2.24. The molecule has 0 atom stereocenters. The molecule has 31 heavy (non-hydrogen) atoms. The molecule has 0 amide bonds. The van der Waals surface area contributed by atoms with Crippen LogP contribution in [0.3, 0.4) is 0 Å². The molecule has 0 radical (unpaired) electrons. The van der Waals surface area contributed by atoms with Gasteiger partial charge in [-0.25, -0.2) is 0 Å². The van der Waals surface area contributed by atoms with Gasteiger partial charge in [-0.05, 0) is 69.7 Å². The zero-order valence-corrected chi connectivity index (χ0v) is 18.1. The van der Waals surface area contributed by atoms with Crippen LogP contribution in [0.4, 0.5) is 0 Å². The molecule has 2 N–H and O–H groups in total. The van der Waals surface area contributed by atoms with Crippen molar-refractivity contribution in [3.63, 3.8) is 0 Å². The van der Waals surface area contributed by atoms with E-state index in [2.05, 4.69) is 104 Å². The van der Waals surface area contributed by atoms with E-state index in [1.165, 1.54) is 63.8 Å². The van der Waals surface area contributed by atoms with Gasteiger partial charge in [0.05, 0.1) is 5.41 Å². The van der Waals surface area contributed by atoms with E-state index in [-0.39, 0.29) is 5.41 Å². The maximum atomic E-state index is 5.21. The topological polar surface area (TPSA) is 26.0 Å². The molecule has 0 aliphatic heterocycles. The van der Waals surface area contributed by atoms with Crippen molar-refractivity contribution in [3.05, 3.63) is 118 Å². The second kappa shape index (κ2) is 8.17. The van der Waals surface area contributed by atoms with Gasteiger partial charge in [0.15, 0.2) is 0 Å². The van der Waals surface area contributed by atoms with Gasteiger partial charge in [-0.15, -0.1) is 0 Å². The summed E-state index contributed by atoms with van der Waals surface area (Å²) < 4.78 is 0. The van der Waals surface area contributed by atoms with Gasteiger partial charge in [0.1, 0.15) is 0 Å². The van der Waals surface area contributed by atoms with Gasteiger partial charge in [0.25, 0.3) is 0 Å². The largest absolute Gasteiger partial charge is 0.330 e. The number of benzene rings is 2. The second-order valence-electron chi connectivity index (χ2n) is 8.53. The van der Waals surface area contributed by atoms with E-state index in [1.807, 2.05) is 0 Å². The first-order valence-electron chi connectivity index (χ1n) is 11.4. The Morgan fingerprint density at radius 1 is 0.710 bits per heavy atom. The van der Waals surface area contributed by atoms with Gasteiger partial charge >= 0.3 is 0 Å². The summed E-state index contributed by atoms with van der Waals surface area (Å²) in [5, 5.41) is 0. The number of nitrogens with two attached hydrogens (primary N) is 1. The van der Waals surface area contributed by atoms with Crippen LogP contribution < -0.4 is 5.73 Å². The van der Waals surface area contributed by atoms with Crippen molar-refractivity contribution < 1.29 is 0 Å². The van der Waals surface area contributed by atoms with Crippen molar-refractivity contribution in [2.24, 2.45) is 11.1 Å². The van der Waals surface area contributed by atoms with Gasteiger partial charge < -0.3 is 5.73 Å². The molecule has 154 valence electrons. The Hall–Kier alpha value is -3.16. The third-order valence-electron chi connectivity index (χ3n) is 6.62. The van der Waals surface area contributed by atoms with E-state index in [4.69, 9.17) is 5.73 Å². The van der Waals surface area contributed by atoms with E-state index >= 15 is 0 Å². The Kier molecular flexibility index (Phi) is 5.21. The van der Waals surface area contributed by atoms with Crippen LogP contribution in [0.15, 0.2) is 96.1 Å². The van der Waals surface area contributed by atoms with Crippen LogP contribution in [-0.2, 0) is 0 Å². The SMILES string of the molecule is C1=CC2(C=CC=C3C2=Cc2ccccc23)C2=Cc3ccccc3C2=C1.CCCCCN. The van der Waals surface area contributed by atoms with Gasteiger partial charge in [-0.2, -0.15) is 0 Å². The molecule has 1 spiro atoms. The van der Waals surface area contributed by atoms with Gasteiger partial charge in [-0.3, -0.25) is 0 Å². The first kappa shape index (κ1) is 19.8. The first-order chi connectivity index (χ1) is 15.3. The highest BCUT2D eigenvalue weighted by Crippen LogP contribution is 2.58. The molecule has 2 aromatic carbocycles. The molecule has 0 aromatic heterocycles. The Labute approximate surface area is 185 Å². The van der Waals surface area contributed by atoms with Crippen molar-refractivity contribution in [2.45, 2.75) is 26.2 Å². The molecule has 0 fully saturated rings. The predicted octanol–water partition coefficient (Wildman–Crippen LogP) is 7.21. The fourth-order valence-corrected chi connectivity index (χ4v) is 5.08. The number of unbranched alkanes of at least 4 members (excludes halogenated alkanes) is 2. The summed E-state index contributed by atoms with van der Waals surface area (Å²) in [6.07, 6.45) is 22.2. The summed E-state index contributed by atoms with van der Waals surface area (Å²) in [7, 11) is 0. The lowest BCUT2D eigenvalue weighted by atomic mass is 9.65. The molecular weight excluding hydrogens is 374 g/mol.